The van der Waals surface area contributed by atoms with Gasteiger partial charge in [0, 0.05) is 15.3 Å². The van der Waals surface area contributed by atoms with Gasteiger partial charge in [0.2, 0.25) is 5.91 Å². The Hall–Kier alpha value is -0.620. The van der Waals surface area contributed by atoms with Gasteiger partial charge in [0.05, 0.1) is 6.54 Å². The summed E-state index contributed by atoms with van der Waals surface area (Å²) < 4.78 is 1.19. The number of nitrogens with zero attached hydrogens (tertiary/aromatic N) is 1. The van der Waals surface area contributed by atoms with Crippen LogP contribution < -0.4 is 5.32 Å². The standard InChI is InChI=1S/C16H23IN2O/c1-12-10-13(17)8-9-15(12)18-16(20)11-19(2)14-6-4-3-5-7-14/h8-10,14H,3-7,11H2,1-2H3,(H,18,20). The number of carbonyl (C=O) groups excluding carboxylic acids is 1. The summed E-state index contributed by atoms with van der Waals surface area (Å²) in [4.78, 5) is 14.4. The molecule has 110 valence electrons. The van der Waals surface area contributed by atoms with E-state index in [0.717, 1.165) is 11.3 Å². The molecule has 2 rings (SSSR count). The molecular weight excluding hydrogens is 363 g/mol. The van der Waals surface area contributed by atoms with Crippen molar-refractivity contribution in [2.24, 2.45) is 0 Å². The fourth-order valence-electron chi connectivity index (χ4n) is 2.83. The van der Waals surface area contributed by atoms with Gasteiger partial charge in [-0.15, -0.1) is 0 Å². The van der Waals surface area contributed by atoms with Crippen molar-refractivity contribution >= 4 is 34.2 Å². The predicted octanol–water partition coefficient (Wildman–Crippen LogP) is 3.80. The molecule has 1 aliphatic rings. The van der Waals surface area contributed by atoms with Crippen LogP contribution in [-0.2, 0) is 4.79 Å². The van der Waals surface area contributed by atoms with Gasteiger partial charge in [0.15, 0.2) is 0 Å². The number of hydrogen-bond donors (Lipinski definition) is 1. The van der Waals surface area contributed by atoms with Crippen molar-refractivity contribution in [2.75, 3.05) is 18.9 Å². The Bertz CT molecular complexity index is 470. The molecule has 3 nitrogen and oxygen atoms in total. The number of likely N-dealkylation sites (N-methyl/N-ethyl adjacent to an activating group) is 1. The quantitative estimate of drug-likeness (QED) is 0.799. The lowest BCUT2D eigenvalue weighted by atomic mass is 9.94. The van der Waals surface area contributed by atoms with Crippen molar-refractivity contribution in [1.82, 2.24) is 4.90 Å². The SMILES string of the molecule is Cc1cc(I)ccc1NC(=O)CN(C)C1CCCCC1. The first-order valence-electron chi connectivity index (χ1n) is 7.32. The van der Waals surface area contributed by atoms with Crippen molar-refractivity contribution in [1.29, 1.82) is 0 Å². The maximum atomic E-state index is 12.1. The Morgan fingerprint density at radius 2 is 2.05 bits per heavy atom. The van der Waals surface area contributed by atoms with Crippen molar-refractivity contribution in [2.45, 2.75) is 45.1 Å². The van der Waals surface area contributed by atoms with Crippen molar-refractivity contribution in [3.8, 4) is 0 Å². The van der Waals surface area contributed by atoms with Gasteiger partial charge in [-0.1, -0.05) is 19.3 Å². The summed E-state index contributed by atoms with van der Waals surface area (Å²) in [5.74, 6) is 0.0855. The number of carbonyl (C=O) groups is 1. The third-order valence-electron chi connectivity index (χ3n) is 4.05. The monoisotopic (exact) mass is 386 g/mol. The number of anilines is 1. The van der Waals surface area contributed by atoms with E-state index < -0.39 is 0 Å². The van der Waals surface area contributed by atoms with Gasteiger partial charge >= 0.3 is 0 Å². The molecule has 0 saturated heterocycles. The van der Waals surface area contributed by atoms with Gasteiger partial charge in [0.25, 0.3) is 0 Å². The van der Waals surface area contributed by atoms with Gasteiger partial charge in [-0.25, -0.2) is 0 Å². The highest BCUT2D eigenvalue weighted by atomic mass is 127. The maximum Gasteiger partial charge on any atom is 0.238 e. The van der Waals surface area contributed by atoms with E-state index in [2.05, 4.69) is 45.9 Å². The summed E-state index contributed by atoms with van der Waals surface area (Å²) in [6.07, 6.45) is 6.40. The van der Waals surface area contributed by atoms with E-state index in [9.17, 15) is 4.79 Å². The van der Waals surface area contributed by atoms with Crippen molar-refractivity contribution < 1.29 is 4.79 Å². The van der Waals surface area contributed by atoms with Crippen LogP contribution >= 0.6 is 22.6 Å². The maximum absolute atomic E-state index is 12.1. The Morgan fingerprint density at radius 3 is 2.70 bits per heavy atom. The van der Waals surface area contributed by atoms with E-state index >= 15 is 0 Å². The predicted molar refractivity (Wildman–Crippen MR) is 92.0 cm³/mol. The fraction of sp³-hybridized carbons (Fsp3) is 0.562. The minimum Gasteiger partial charge on any atom is -0.325 e. The molecule has 1 aromatic rings. The molecule has 0 aliphatic heterocycles. The van der Waals surface area contributed by atoms with E-state index in [1.54, 1.807) is 0 Å². The molecule has 1 fully saturated rings. The normalized spacial score (nSPS) is 16.4. The molecular formula is C16H23IN2O. The topological polar surface area (TPSA) is 32.3 Å². The Morgan fingerprint density at radius 1 is 1.35 bits per heavy atom. The molecule has 1 saturated carbocycles. The average Bonchev–Trinajstić information content (AvgIpc) is 2.43. The molecule has 4 heteroatoms. The number of aryl methyl sites for hydroxylation is 1. The number of hydrogen-bond acceptors (Lipinski definition) is 2. The largest absolute Gasteiger partial charge is 0.325 e. The van der Waals surface area contributed by atoms with Gasteiger partial charge in [-0.2, -0.15) is 0 Å². The van der Waals surface area contributed by atoms with Crippen LogP contribution in [0.5, 0.6) is 0 Å². The number of halogens is 1. The smallest absolute Gasteiger partial charge is 0.238 e. The lowest BCUT2D eigenvalue weighted by molar-refractivity contribution is -0.117. The lowest BCUT2D eigenvalue weighted by Crippen LogP contribution is -2.39. The summed E-state index contributed by atoms with van der Waals surface area (Å²) in [5.41, 5.74) is 2.04. The second-order valence-electron chi connectivity index (χ2n) is 5.71. The van der Waals surface area contributed by atoms with Crippen LogP contribution in [0.1, 0.15) is 37.7 Å². The first-order chi connectivity index (χ1) is 9.56. The molecule has 1 aromatic carbocycles. The summed E-state index contributed by atoms with van der Waals surface area (Å²) >= 11 is 2.28. The number of rotatable bonds is 4. The first-order valence-corrected chi connectivity index (χ1v) is 8.40. The molecule has 0 radical (unpaired) electrons. The van der Waals surface area contributed by atoms with Crippen molar-refractivity contribution in [3.63, 3.8) is 0 Å². The highest BCUT2D eigenvalue weighted by molar-refractivity contribution is 14.1. The van der Waals surface area contributed by atoms with Crippen LogP contribution in [0, 0.1) is 10.5 Å². The molecule has 0 unspecified atom stereocenters. The third-order valence-corrected chi connectivity index (χ3v) is 4.72. The molecule has 0 bridgehead atoms. The minimum absolute atomic E-state index is 0.0855. The molecule has 0 aromatic heterocycles. The summed E-state index contributed by atoms with van der Waals surface area (Å²) in [6.45, 7) is 2.51. The zero-order chi connectivity index (χ0) is 14.5. The zero-order valence-electron chi connectivity index (χ0n) is 12.3. The van der Waals surface area contributed by atoms with Crippen LogP contribution in [0.25, 0.3) is 0 Å². The van der Waals surface area contributed by atoms with Crippen LogP contribution in [-0.4, -0.2) is 30.4 Å². The van der Waals surface area contributed by atoms with E-state index in [0.29, 0.717) is 12.6 Å². The summed E-state index contributed by atoms with van der Waals surface area (Å²) in [7, 11) is 2.07. The van der Waals surface area contributed by atoms with E-state index in [4.69, 9.17) is 0 Å². The summed E-state index contributed by atoms with van der Waals surface area (Å²) in [5, 5.41) is 3.02. The van der Waals surface area contributed by atoms with Gasteiger partial charge in [0.1, 0.15) is 0 Å². The van der Waals surface area contributed by atoms with E-state index in [-0.39, 0.29) is 5.91 Å². The molecule has 0 spiro atoms. The highest BCUT2D eigenvalue weighted by Gasteiger charge is 2.19. The third kappa shape index (κ3) is 4.45. The van der Waals surface area contributed by atoms with E-state index in [1.165, 1.54) is 35.7 Å². The van der Waals surface area contributed by atoms with Crippen LogP contribution in [0.15, 0.2) is 18.2 Å². The van der Waals surface area contributed by atoms with Crippen molar-refractivity contribution in [3.05, 3.63) is 27.3 Å². The molecule has 1 amide bonds. The molecule has 1 aliphatic carbocycles. The number of benzene rings is 1. The average molecular weight is 386 g/mol. The molecule has 20 heavy (non-hydrogen) atoms. The molecule has 0 atom stereocenters. The van der Waals surface area contributed by atoms with Crippen LogP contribution in [0.3, 0.4) is 0 Å². The minimum atomic E-state index is 0.0855. The van der Waals surface area contributed by atoms with Crippen LogP contribution in [0.4, 0.5) is 5.69 Å². The fourth-order valence-corrected chi connectivity index (χ4v) is 3.48. The number of nitrogens with one attached hydrogen (secondary N) is 1. The second kappa shape index (κ2) is 7.41. The first kappa shape index (κ1) is 15.8. The van der Waals surface area contributed by atoms with Gasteiger partial charge in [-0.3, -0.25) is 9.69 Å². The molecule has 0 heterocycles. The lowest BCUT2D eigenvalue weighted by Gasteiger charge is -2.30. The summed E-state index contributed by atoms with van der Waals surface area (Å²) in [6, 6.07) is 6.66. The van der Waals surface area contributed by atoms with Gasteiger partial charge < -0.3 is 5.32 Å². The Balaban J connectivity index is 1.88. The zero-order valence-corrected chi connectivity index (χ0v) is 14.4. The Kier molecular flexibility index (Phi) is 5.84. The number of amides is 1. The molecule has 1 N–H and O–H groups in total. The Labute approximate surface area is 135 Å². The second-order valence-corrected chi connectivity index (χ2v) is 6.96. The van der Waals surface area contributed by atoms with Gasteiger partial charge in [-0.05, 0) is 73.2 Å². The van der Waals surface area contributed by atoms with Crippen LogP contribution in [0.2, 0.25) is 0 Å². The van der Waals surface area contributed by atoms with E-state index in [1.807, 2.05) is 19.1 Å². The highest BCUT2D eigenvalue weighted by Crippen LogP contribution is 2.22.